The molecule has 0 fully saturated rings. The molecule has 8 heteroatoms. The molecule has 0 atom stereocenters. The van der Waals surface area contributed by atoms with Crippen LogP contribution in [0.5, 0.6) is 5.75 Å². The number of anilines is 2. The average Bonchev–Trinajstić information content (AvgIpc) is 2.36. The lowest BCUT2D eigenvalue weighted by molar-refractivity contribution is -0.135. The van der Waals surface area contributed by atoms with Crippen molar-refractivity contribution in [1.29, 1.82) is 0 Å². The van der Waals surface area contributed by atoms with Gasteiger partial charge >= 0.3 is 6.18 Å². The van der Waals surface area contributed by atoms with Gasteiger partial charge in [-0.3, -0.25) is 0 Å². The second kappa shape index (κ2) is 7.01. The second-order valence-corrected chi connectivity index (χ2v) is 3.85. The molecular weight excluding hydrogens is 261 g/mol. The van der Waals surface area contributed by atoms with Gasteiger partial charge in [0.2, 0.25) is 5.75 Å². The van der Waals surface area contributed by atoms with Crippen molar-refractivity contribution in [3.05, 3.63) is 6.33 Å². The van der Waals surface area contributed by atoms with Crippen LogP contribution < -0.4 is 15.4 Å². The third kappa shape index (κ3) is 5.19. The number of hydrogen-bond acceptors (Lipinski definition) is 5. The van der Waals surface area contributed by atoms with E-state index in [9.17, 15) is 13.2 Å². The Morgan fingerprint density at radius 1 is 1.21 bits per heavy atom. The first-order valence-corrected chi connectivity index (χ1v) is 5.85. The molecule has 0 aliphatic heterocycles. The van der Waals surface area contributed by atoms with E-state index in [1.807, 2.05) is 0 Å². The van der Waals surface area contributed by atoms with Crippen molar-refractivity contribution in [3.8, 4) is 5.75 Å². The number of methoxy groups -OCH3 is 1. The quantitative estimate of drug-likeness (QED) is 0.751. The minimum Gasteiger partial charge on any atom is -0.490 e. The van der Waals surface area contributed by atoms with Crippen LogP contribution in [0.1, 0.15) is 19.3 Å². The number of hydrogen-bond donors (Lipinski definition) is 2. The van der Waals surface area contributed by atoms with E-state index < -0.39 is 12.6 Å². The largest absolute Gasteiger partial charge is 0.490 e. The van der Waals surface area contributed by atoms with Gasteiger partial charge in [0.1, 0.15) is 6.33 Å². The van der Waals surface area contributed by atoms with E-state index >= 15 is 0 Å². The van der Waals surface area contributed by atoms with E-state index in [0.717, 1.165) is 0 Å². The fourth-order valence-electron chi connectivity index (χ4n) is 1.53. The third-order valence-corrected chi connectivity index (χ3v) is 2.42. The first-order valence-electron chi connectivity index (χ1n) is 5.85. The summed E-state index contributed by atoms with van der Waals surface area (Å²) in [5.74, 6) is 1.44. The molecule has 0 aliphatic carbocycles. The second-order valence-electron chi connectivity index (χ2n) is 3.85. The first-order chi connectivity index (χ1) is 8.98. The zero-order valence-corrected chi connectivity index (χ0v) is 10.8. The standard InChI is InChI=1S/C11H17F3N4O/c1-15-9-8(19-2)10(18-7-17-9)16-6-4-3-5-11(12,13)14/h7H,3-6H2,1-2H3,(H2,15,16,17,18). The number of alkyl halides is 3. The summed E-state index contributed by atoms with van der Waals surface area (Å²) in [5.41, 5.74) is 0. The van der Waals surface area contributed by atoms with Crippen LogP contribution in [0.15, 0.2) is 6.33 Å². The third-order valence-electron chi connectivity index (χ3n) is 2.42. The molecule has 1 heterocycles. The van der Waals surface area contributed by atoms with Crippen LogP contribution in [-0.4, -0.2) is 36.8 Å². The van der Waals surface area contributed by atoms with E-state index in [1.54, 1.807) is 7.05 Å². The summed E-state index contributed by atoms with van der Waals surface area (Å²) in [7, 11) is 3.17. The average molecular weight is 278 g/mol. The van der Waals surface area contributed by atoms with Crippen LogP contribution in [0.2, 0.25) is 0 Å². The molecule has 19 heavy (non-hydrogen) atoms. The molecule has 0 saturated heterocycles. The zero-order chi connectivity index (χ0) is 14.3. The van der Waals surface area contributed by atoms with Gasteiger partial charge in [-0.25, -0.2) is 9.97 Å². The molecule has 0 saturated carbocycles. The highest BCUT2D eigenvalue weighted by Gasteiger charge is 2.25. The van der Waals surface area contributed by atoms with Crippen LogP contribution in [-0.2, 0) is 0 Å². The Balaban J connectivity index is 2.45. The van der Waals surface area contributed by atoms with Crippen LogP contribution in [0.25, 0.3) is 0 Å². The zero-order valence-electron chi connectivity index (χ0n) is 10.8. The van der Waals surface area contributed by atoms with Gasteiger partial charge in [0.25, 0.3) is 0 Å². The highest BCUT2D eigenvalue weighted by molar-refractivity contribution is 5.63. The maximum Gasteiger partial charge on any atom is 0.389 e. The van der Waals surface area contributed by atoms with Crippen LogP contribution in [0.3, 0.4) is 0 Å². The van der Waals surface area contributed by atoms with Gasteiger partial charge in [-0.15, -0.1) is 0 Å². The molecule has 0 amide bonds. The van der Waals surface area contributed by atoms with E-state index in [4.69, 9.17) is 4.74 Å². The maximum atomic E-state index is 12.0. The minimum absolute atomic E-state index is 0.0861. The number of nitrogens with one attached hydrogen (secondary N) is 2. The van der Waals surface area contributed by atoms with Crippen molar-refractivity contribution in [1.82, 2.24) is 9.97 Å². The Labute approximate surface area is 109 Å². The van der Waals surface area contributed by atoms with Gasteiger partial charge in [0, 0.05) is 20.0 Å². The SMILES string of the molecule is CNc1ncnc(NCCCCC(F)(F)F)c1OC. The molecule has 0 bridgehead atoms. The number of rotatable bonds is 7. The Morgan fingerprint density at radius 3 is 2.47 bits per heavy atom. The number of aromatic nitrogens is 2. The normalized spacial score (nSPS) is 11.2. The summed E-state index contributed by atoms with van der Waals surface area (Å²) in [6.45, 7) is 0.395. The van der Waals surface area contributed by atoms with Crippen LogP contribution >= 0.6 is 0 Å². The number of unbranched alkanes of at least 4 members (excludes halogenated alkanes) is 1. The van der Waals surface area contributed by atoms with E-state index in [1.165, 1.54) is 13.4 Å². The van der Waals surface area contributed by atoms with Gasteiger partial charge < -0.3 is 15.4 Å². The Bertz CT molecular complexity index is 398. The number of nitrogens with zero attached hydrogens (tertiary/aromatic N) is 2. The molecule has 2 N–H and O–H groups in total. The molecule has 0 aliphatic rings. The van der Waals surface area contributed by atoms with Gasteiger partial charge in [-0.05, 0) is 12.8 Å². The maximum absolute atomic E-state index is 12.0. The molecule has 5 nitrogen and oxygen atoms in total. The van der Waals surface area contributed by atoms with Gasteiger partial charge in [0.15, 0.2) is 11.6 Å². The lowest BCUT2D eigenvalue weighted by Gasteiger charge is -2.12. The molecule has 1 aromatic rings. The molecule has 0 radical (unpaired) electrons. The highest BCUT2D eigenvalue weighted by Crippen LogP contribution is 2.28. The number of halogens is 3. The smallest absolute Gasteiger partial charge is 0.389 e. The Morgan fingerprint density at radius 2 is 1.89 bits per heavy atom. The predicted molar refractivity (Wildman–Crippen MR) is 66.5 cm³/mol. The summed E-state index contributed by atoms with van der Waals surface area (Å²) >= 11 is 0. The van der Waals surface area contributed by atoms with Crippen molar-refractivity contribution in [2.24, 2.45) is 0 Å². The fraction of sp³-hybridized carbons (Fsp3) is 0.636. The molecular formula is C11H17F3N4O. The lowest BCUT2D eigenvalue weighted by Crippen LogP contribution is -2.10. The molecule has 108 valence electrons. The van der Waals surface area contributed by atoms with Gasteiger partial charge in [-0.1, -0.05) is 0 Å². The van der Waals surface area contributed by atoms with Gasteiger partial charge in [-0.2, -0.15) is 13.2 Å². The summed E-state index contributed by atoms with van der Waals surface area (Å²) in [6.07, 6.45) is -3.01. The summed E-state index contributed by atoms with van der Waals surface area (Å²) in [4.78, 5) is 7.96. The Kier molecular flexibility index (Phi) is 5.65. The summed E-state index contributed by atoms with van der Waals surface area (Å²) in [6, 6.07) is 0. The van der Waals surface area contributed by atoms with Crippen molar-refractivity contribution < 1.29 is 17.9 Å². The fourth-order valence-corrected chi connectivity index (χ4v) is 1.53. The Hall–Kier alpha value is -1.73. The van der Waals surface area contributed by atoms with E-state index in [0.29, 0.717) is 30.4 Å². The molecule has 1 aromatic heterocycles. The van der Waals surface area contributed by atoms with E-state index in [-0.39, 0.29) is 6.42 Å². The monoisotopic (exact) mass is 278 g/mol. The predicted octanol–water partition coefficient (Wildman–Crippen LogP) is 2.67. The summed E-state index contributed by atoms with van der Waals surface area (Å²) in [5, 5.41) is 5.79. The van der Waals surface area contributed by atoms with Crippen LogP contribution in [0.4, 0.5) is 24.8 Å². The van der Waals surface area contributed by atoms with E-state index in [2.05, 4.69) is 20.6 Å². The first kappa shape index (κ1) is 15.3. The van der Waals surface area contributed by atoms with Crippen molar-refractivity contribution in [3.63, 3.8) is 0 Å². The topological polar surface area (TPSA) is 59.1 Å². The number of ether oxygens (including phenoxy) is 1. The minimum atomic E-state index is -4.09. The molecule has 1 rings (SSSR count). The van der Waals surface area contributed by atoms with Crippen molar-refractivity contribution in [2.45, 2.75) is 25.4 Å². The molecule has 0 spiro atoms. The van der Waals surface area contributed by atoms with Gasteiger partial charge in [0.05, 0.1) is 7.11 Å². The van der Waals surface area contributed by atoms with Crippen molar-refractivity contribution in [2.75, 3.05) is 31.3 Å². The summed E-state index contributed by atoms with van der Waals surface area (Å²) < 4.78 is 41.0. The van der Waals surface area contributed by atoms with Crippen LogP contribution in [0, 0.1) is 0 Å². The highest BCUT2D eigenvalue weighted by atomic mass is 19.4. The lowest BCUT2D eigenvalue weighted by atomic mass is 10.2. The molecule has 0 unspecified atom stereocenters. The van der Waals surface area contributed by atoms with Crippen molar-refractivity contribution >= 4 is 11.6 Å². The molecule has 0 aromatic carbocycles.